The first kappa shape index (κ1) is 16.4. The smallest absolute Gasteiger partial charge is 0.222 e. The van der Waals surface area contributed by atoms with Crippen LogP contribution in [0.5, 0.6) is 0 Å². The molecule has 2 N–H and O–H groups in total. The number of benzene rings is 1. The summed E-state index contributed by atoms with van der Waals surface area (Å²) in [7, 11) is 1.86. The van der Waals surface area contributed by atoms with Gasteiger partial charge in [0.2, 0.25) is 5.91 Å². The summed E-state index contributed by atoms with van der Waals surface area (Å²) in [5, 5.41) is 4.19. The summed E-state index contributed by atoms with van der Waals surface area (Å²) < 4.78 is 14.6. The van der Waals surface area contributed by atoms with E-state index in [0.717, 1.165) is 24.2 Å². The minimum atomic E-state index is -0.270. The molecule has 0 bridgehead atoms. The van der Waals surface area contributed by atoms with E-state index in [2.05, 4.69) is 10.00 Å². The van der Waals surface area contributed by atoms with Crippen LogP contribution in [0.15, 0.2) is 42.7 Å². The number of primary amides is 1. The molecule has 0 saturated carbocycles. The number of aryl methyl sites for hydroxylation is 1. The van der Waals surface area contributed by atoms with E-state index in [1.807, 2.05) is 25.4 Å². The fourth-order valence-electron chi connectivity index (χ4n) is 3.20. The zero-order chi connectivity index (χ0) is 17.1. The molecule has 2 aromatic rings. The molecule has 1 aromatic heterocycles. The second kappa shape index (κ2) is 6.97. The van der Waals surface area contributed by atoms with Crippen molar-refractivity contribution in [2.45, 2.75) is 5.92 Å². The first-order chi connectivity index (χ1) is 11.5. The lowest BCUT2D eigenvalue weighted by Crippen LogP contribution is -2.29. The molecule has 5 nitrogen and oxygen atoms in total. The van der Waals surface area contributed by atoms with Gasteiger partial charge >= 0.3 is 0 Å². The molecule has 2 atom stereocenters. The summed E-state index contributed by atoms with van der Waals surface area (Å²) in [5.74, 6) is -0.631. The van der Waals surface area contributed by atoms with Gasteiger partial charge in [0.1, 0.15) is 5.82 Å². The van der Waals surface area contributed by atoms with Gasteiger partial charge in [-0.3, -0.25) is 14.4 Å². The van der Waals surface area contributed by atoms with Crippen molar-refractivity contribution in [3.8, 4) is 0 Å². The Morgan fingerprint density at radius 3 is 2.75 bits per heavy atom. The lowest BCUT2D eigenvalue weighted by atomic mass is 9.90. The summed E-state index contributed by atoms with van der Waals surface area (Å²) in [6, 6.07) is 6.36. The zero-order valence-electron chi connectivity index (χ0n) is 13.6. The first-order valence-corrected chi connectivity index (χ1v) is 7.95. The molecule has 126 valence electrons. The summed E-state index contributed by atoms with van der Waals surface area (Å²) in [4.78, 5) is 14.0. The van der Waals surface area contributed by atoms with Crippen LogP contribution in [-0.4, -0.2) is 40.2 Å². The SMILES string of the molecule is Cn1cc([C@H]2CN(C/C=C/c3ccc(F)cc3)C[C@@H]2C(N)=O)cn1. The molecule has 0 unspecified atom stereocenters. The van der Waals surface area contributed by atoms with Crippen LogP contribution < -0.4 is 5.73 Å². The molecule has 24 heavy (non-hydrogen) atoms. The van der Waals surface area contributed by atoms with Crippen LogP contribution in [0.25, 0.3) is 6.08 Å². The van der Waals surface area contributed by atoms with Gasteiger partial charge in [0.05, 0.1) is 12.1 Å². The second-order valence-corrected chi connectivity index (χ2v) is 6.24. The zero-order valence-corrected chi connectivity index (χ0v) is 13.6. The Bertz CT molecular complexity index is 738. The van der Waals surface area contributed by atoms with E-state index in [1.54, 1.807) is 23.0 Å². The third kappa shape index (κ3) is 3.71. The molecule has 1 aliphatic heterocycles. The molecule has 2 heterocycles. The van der Waals surface area contributed by atoms with Gasteiger partial charge < -0.3 is 5.73 Å². The average Bonchev–Trinajstić information content (AvgIpc) is 3.15. The monoisotopic (exact) mass is 328 g/mol. The molecule has 1 aliphatic rings. The van der Waals surface area contributed by atoms with Crippen molar-refractivity contribution < 1.29 is 9.18 Å². The van der Waals surface area contributed by atoms with E-state index in [-0.39, 0.29) is 23.6 Å². The molecule has 1 saturated heterocycles. The topological polar surface area (TPSA) is 64.2 Å². The molecule has 0 aliphatic carbocycles. The number of carbonyl (C=O) groups is 1. The van der Waals surface area contributed by atoms with Crippen molar-refractivity contribution in [2.75, 3.05) is 19.6 Å². The number of aromatic nitrogens is 2. The number of nitrogens with zero attached hydrogens (tertiary/aromatic N) is 3. The van der Waals surface area contributed by atoms with Gasteiger partial charge in [0.15, 0.2) is 0 Å². The van der Waals surface area contributed by atoms with E-state index < -0.39 is 0 Å². The maximum atomic E-state index is 12.9. The standard InChI is InChI=1S/C18H21FN4O/c1-22-10-14(9-21-22)16-11-23(12-17(16)18(20)24)8-2-3-13-4-6-15(19)7-5-13/h2-7,9-10,16-17H,8,11-12H2,1H3,(H2,20,24)/b3-2+/t16-,17+/m1/s1. The van der Waals surface area contributed by atoms with Crippen LogP contribution in [0.1, 0.15) is 17.0 Å². The quantitative estimate of drug-likeness (QED) is 0.910. The van der Waals surface area contributed by atoms with Crippen LogP contribution in [0, 0.1) is 11.7 Å². The minimum Gasteiger partial charge on any atom is -0.369 e. The highest BCUT2D eigenvalue weighted by molar-refractivity contribution is 5.78. The van der Waals surface area contributed by atoms with Crippen LogP contribution in [-0.2, 0) is 11.8 Å². The molecule has 1 aromatic carbocycles. The Kier molecular flexibility index (Phi) is 4.76. The number of nitrogens with two attached hydrogens (primary N) is 1. The molecule has 0 spiro atoms. The third-order valence-corrected chi connectivity index (χ3v) is 4.46. The molecular weight excluding hydrogens is 307 g/mol. The van der Waals surface area contributed by atoms with Crippen LogP contribution in [0.4, 0.5) is 4.39 Å². The van der Waals surface area contributed by atoms with Gasteiger partial charge in [-0.05, 0) is 23.3 Å². The fourth-order valence-corrected chi connectivity index (χ4v) is 3.20. The van der Waals surface area contributed by atoms with Crippen molar-refractivity contribution in [3.63, 3.8) is 0 Å². The van der Waals surface area contributed by atoms with Crippen LogP contribution in [0.2, 0.25) is 0 Å². The van der Waals surface area contributed by atoms with E-state index in [4.69, 9.17) is 5.73 Å². The van der Waals surface area contributed by atoms with Crippen molar-refractivity contribution in [1.82, 2.24) is 14.7 Å². The first-order valence-electron chi connectivity index (χ1n) is 7.95. The normalized spacial score (nSPS) is 21.6. The van der Waals surface area contributed by atoms with Crippen molar-refractivity contribution in [1.29, 1.82) is 0 Å². The number of rotatable bonds is 5. The number of likely N-dealkylation sites (tertiary alicyclic amines) is 1. The van der Waals surface area contributed by atoms with Gasteiger partial charge in [0.25, 0.3) is 0 Å². The Labute approximate surface area is 140 Å². The molecule has 6 heteroatoms. The van der Waals surface area contributed by atoms with Gasteiger partial charge in [-0.15, -0.1) is 0 Å². The van der Waals surface area contributed by atoms with Crippen molar-refractivity contribution in [2.24, 2.45) is 18.7 Å². The van der Waals surface area contributed by atoms with Gasteiger partial charge in [-0.1, -0.05) is 24.3 Å². The molecule has 1 amide bonds. The highest BCUT2D eigenvalue weighted by atomic mass is 19.1. The largest absolute Gasteiger partial charge is 0.369 e. The van der Waals surface area contributed by atoms with Gasteiger partial charge in [-0.2, -0.15) is 5.10 Å². The van der Waals surface area contributed by atoms with Crippen molar-refractivity contribution in [3.05, 3.63) is 59.7 Å². The highest BCUT2D eigenvalue weighted by Gasteiger charge is 2.37. The summed E-state index contributed by atoms with van der Waals surface area (Å²) in [6.45, 7) is 2.13. The molecule has 1 fully saturated rings. The third-order valence-electron chi connectivity index (χ3n) is 4.46. The predicted octanol–water partition coefficient (Wildman–Crippen LogP) is 1.77. The van der Waals surface area contributed by atoms with Crippen LogP contribution >= 0.6 is 0 Å². The average molecular weight is 328 g/mol. The van der Waals surface area contributed by atoms with E-state index in [0.29, 0.717) is 6.54 Å². The molecular formula is C18H21FN4O. The van der Waals surface area contributed by atoms with Gasteiger partial charge in [0, 0.05) is 38.8 Å². The Balaban J connectivity index is 1.65. The molecule has 0 radical (unpaired) electrons. The Morgan fingerprint density at radius 1 is 1.38 bits per heavy atom. The summed E-state index contributed by atoms with van der Waals surface area (Å²) in [6.07, 6.45) is 7.73. The van der Waals surface area contributed by atoms with E-state index >= 15 is 0 Å². The Morgan fingerprint density at radius 2 is 2.12 bits per heavy atom. The van der Waals surface area contributed by atoms with Crippen LogP contribution in [0.3, 0.4) is 0 Å². The number of carbonyl (C=O) groups excluding carboxylic acids is 1. The maximum absolute atomic E-state index is 12.9. The number of amides is 1. The minimum absolute atomic E-state index is 0.0791. The number of hydrogen-bond donors (Lipinski definition) is 1. The van der Waals surface area contributed by atoms with E-state index in [9.17, 15) is 9.18 Å². The lowest BCUT2D eigenvalue weighted by molar-refractivity contribution is -0.121. The Hall–Kier alpha value is -2.47. The number of hydrogen-bond acceptors (Lipinski definition) is 3. The highest BCUT2D eigenvalue weighted by Crippen LogP contribution is 2.32. The fraction of sp³-hybridized carbons (Fsp3) is 0.333. The summed E-state index contributed by atoms with van der Waals surface area (Å²) >= 11 is 0. The lowest BCUT2D eigenvalue weighted by Gasteiger charge is -2.13. The van der Waals surface area contributed by atoms with Crippen molar-refractivity contribution >= 4 is 12.0 Å². The summed E-state index contributed by atoms with van der Waals surface area (Å²) in [5.41, 5.74) is 7.58. The van der Waals surface area contributed by atoms with E-state index in [1.165, 1.54) is 12.1 Å². The number of halogens is 1. The predicted molar refractivity (Wildman–Crippen MR) is 90.5 cm³/mol. The van der Waals surface area contributed by atoms with Gasteiger partial charge in [-0.25, -0.2) is 4.39 Å². The second-order valence-electron chi connectivity index (χ2n) is 6.24. The molecule has 3 rings (SSSR count). The maximum Gasteiger partial charge on any atom is 0.222 e.